The quantitative estimate of drug-likeness (QED) is 0.375. The maximum absolute atomic E-state index is 12.9. The number of carbonyl (C=O) groups excluding carboxylic acids is 2. The van der Waals surface area contributed by atoms with E-state index in [1.54, 1.807) is 6.07 Å². The molecule has 1 aliphatic rings. The number of hydrogen-bond acceptors (Lipinski definition) is 4. The van der Waals surface area contributed by atoms with Crippen LogP contribution in [0.2, 0.25) is 0 Å². The molecule has 0 spiro atoms. The molecule has 0 saturated heterocycles. The summed E-state index contributed by atoms with van der Waals surface area (Å²) in [5.74, 6) is 0.118. The van der Waals surface area contributed by atoms with Gasteiger partial charge < -0.3 is 10.6 Å². The van der Waals surface area contributed by atoms with Crippen LogP contribution >= 0.6 is 11.3 Å². The van der Waals surface area contributed by atoms with E-state index in [2.05, 4.69) is 39.9 Å². The zero-order valence-electron chi connectivity index (χ0n) is 18.8. The van der Waals surface area contributed by atoms with Gasteiger partial charge in [0.2, 0.25) is 5.91 Å². The van der Waals surface area contributed by atoms with Crippen LogP contribution in [0.1, 0.15) is 45.0 Å². The second-order valence-electron chi connectivity index (χ2n) is 8.78. The van der Waals surface area contributed by atoms with Crippen LogP contribution in [0.5, 0.6) is 0 Å². The van der Waals surface area contributed by atoms with E-state index in [-0.39, 0.29) is 23.7 Å². The number of nitrogens with one attached hydrogen (secondary N) is 2. The Morgan fingerprint density at radius 1 is 0.939 bits per heavy atom. The number of benzene rings is 3. The molecular weight excluding hydrogens is 430 g/mol. The molecule has 166 valence electrons. The first-order chi connectivity index (χ1) is 15.9. The molecule has 0 aliphatic heterocycles. The number of anilines is 2. The van der Waals surface area contributed by atoms with Crippen molar-refractivity contribution < 1.29 is 9.59 Å². The van der Waals surface area contributed by atoms with Gasteiger partial charge in [0.15, 0.2) is 5.13 Å². The zero-order valence-corrected chi connectivity index (χ0v) is 19.6. The van der Waals surface area contributed by atoms with Crippen molar-refractivity contribution in [3.05, 3.63) is 88.5 Å². The summed E-state index contributed by atoms with van der Waals surface area (Å²) in [4.78, 5) is 30.1. The molecule has 3 aromatic carbocycles. The number of thiazole rings is 1. The summed E-state index contributed by atoms with van der Waals surface area (Å²) in [6.45, 7) is 6.04. The van der Waals surface area contributed by atoms with Gasteiger partial charge in [-0.15, -0.1) is 0 Å². The maximum atomic E-state index is 12.9. The number of carbonyl (C=O) groups is 2. The summed E-state index contributed by atoms with van der Waals surface area (Å²) in [6.07, 6.45) is 0.864. The number of aryl methyl sites for hydroxylation is 3. The van der Waals surface area contributed by atoms with Gasteiger partial charge in [-0.2, -0.15) is 0 Å². The molecule has 1 aliphatic carbocycles. The van der Waals surface area contributed by atoms with E-state index in [0.29, 0.717) is 10.7 Å². The first kappa shape index (κ1) is 21.3. The Morgan fingerprint density at radius 3 is 2.39 bits per heavy atom. The molecule has 0 bridgehead atoms. The summed E-state index contributed by atoms with van der Waals surface area (Å²) in [7, 11) is 0. The van der Waals surface area contributed by atoms with Crippen molar-refractivity contribution in [2.45, 2.75) is 33.1 Å². The van der Waals surface area contributed by atoms with Gasteiger partial charge in [-0.05, 0) is 68.0 Å². The number of rotatable bonds is 5. The third-order valence-electron chi connectivity index (χ3n) is 6.15. The average Bonchev–Trinajstić information content (AvgIpc) is 3.50. The average molecular weight is 456 g/mol. The summed E-state index contributed by atoms with van der Waals surface area (Å²) in [6, 6.07) is 19.7. The Labute approximate surface area is 196 Å². The van der Waals surface area contributed by atoms with Crippen molar-refractivity contribution >= 4 is 44.2 Å². The lowest BCUT2D eigenvalue weighted by molar-refractivity contribution is -0.117. The SMILES string of the molecule is Cc1cc(C)c(NC(=O)c2ccc3nc(NC(=O)C4CC4c4ccccc4)sc3c2)c(C)c1. The smallest absolute Gasteiger partial charge is 0.255 e. The fourth-order valence-electron chi connectivity index (χ4n) is 4.43. The number of hydrogen-bond donors (Lipinski definition) is 2. The lowest BCUT2D eigenvalue weighted by Crippen LogP contribution is -2.14. The number of nitrogens with zero attached hydrogens (tertiary/aromatic N) is 1. The van der Waals surface area contributed by atoms with Gasteiger partial charge in [0.1, 0.15) is 0 Å². The minimum atomic E-state index is -0.158. The number of aromatic nitrogens is 1. The molecule has 1 heterocycles. The molecule has 2 unspecified atom stereocenters. The Kier molecular flexibility index (Phi) is 5.46. The van der Waals surface area contributed by atoms with Gasteiger partial charge >= 0.3 is 0 Å². The van der Waals surface area contributed by atoms with E-state index >= 15 is 0 Å². The van der Waals surface area contributed by atoms with Crippen LogP contribution in [0, 0.1) is 26.7 Å². The monoisotopic (exact) mass is 455 g/mol. The van der Waals surface area contributed by atoms with Crippen LogP contribution in [-0.2, 0) is 4.79 Å². The van der Waals surface area contributed by atoms with E-state index in [0.717, 1.165) is 33.5 Å². The Morgan fingerprint density at radius 2 is 1.67 bits per heavy atom. The Balaban J connectivity index is 1.29. The molecule has 5 rings (SSSR count). The largest absolute Gasteiger partial charge is 0.322 e. The standard InChI is InChI=1S/C27H25N3O2S/c1-15-11-16(2)24(17(3)12-15)29-25(31)19-9-10-22-23(13-19)33-27(28-22)30-26(32)21-14-20(21)18-7-5-4-6-8-18/h4-13,20-21H,14H2,1-3H3,(H,29,31)(H,28,30,32). The third kappa shape index (κ3) is 4.39. The lowest BCUT2D eigenvalue weighted by Gasteiger charge is -2.12. The molecule has 0 radical (unpaired) electrons. The highest BCUT2D eigenvalue weighted by atomic mass is 32.1. The summed E-state index contributed by atoms with van der Waals surface area (Å²) in [5, 5.41) is 6.58. The van der Waals surface area contributed by atoms with Gasteiger partial charge in [0.05, 0.1) is 10.2 Å². The van der Waals surface area contributed by atoms with Gasteiger partial charge in [0, 0.05) is 17.2 Å². The molecule has 33 heavy (non-hydrogen) atoms. The molecule has 6 heteroatoms. The molecule has 2 N–H and O–H groups in total. The van der Waals surface area contributed by atoms with Crippen molar-refractivity contribution in [2.75, 3.05) is 10.6 Å². The number of fused-ring (bicyclic) bond motifs is 1. The van der Waals surface area contributed by atoms with Crippen LogP contribution in [0.3, 0.4) is 0 Å². The third-order valence-corrected chi connectivity index (χ3v) is 7.08. The molecule has 2 amide bonds. The fourth-order valence-corrected chi connectivity index (χ4v) is 5.34. The van der Waals surface area contributed by atoms with Crippen molar-refractivity contribution in [3.63, 3.8) is 0 Å². The highest BCUT2D eigenvalue weighted by Gasteiger charge is 2.44. The molecule has 2 atom stereocenters. The van der Waals surface area contributed by atoms with Crippen LogP contribution in [0.15, 0.2) is 60.7 Å². The zero-order chi connectivity index (χ0) is 23.1. The minimum absolute atomic E-state index is 0.00574. The van der Waals surface area contributed by atoms with Gasteiger partial charge in [-0.1, -0.05) is 59.4 Å². The first-order valence-electron chi connectivity index (χ1n) is 11.0. The summed E-state index contributed by atoms with van der Waals surface area (Å²) >= 11 is 1.39. The van der Waals surface area contributed by atoms with E-state index < -0.39 is 0 Å². The van der Waals surface area contributed by atoms with Crippen LogP contribution in [0.4, 0.5) is 10.8 Å². The normalized spacial score (nSPS) is 17.1. The van der Waals surface area contributed by atoms with Crippen molar-refractivity contribution in [3.8, 4) is 0 Å². The van der Waals surface area contributed by atoms with Crippen molar-refractivity contribution in [1.82, 2.24) is 4.98 Å². The first-order valence-corrected chi connectivity index (χ1v) is 11.9. The molecule has 5 nitrogen and oxygen atoms in total. The van der Waals surface area contributed by atoms with Crippen LogP contribution < -0.4 is 10.6 Å². The lowest BCUT2D eigenvalue weighted by atomic mass is 10.0. The van der Waals surface area contributed by atoms with Crippen LogP contribution in [-0.4, -0.2) is 16.8 Å². The summed E-state index contributed by atoms with van der Waals surface area (Å²) in [5.41, 5.74) is 6.64. The fraction of sp³-hybridized carbons (Fsp3) is 0.222. The van der Waals surface area contributed by atoms with Gasteiger partial charge in [-0.25, -0.2) is 4.98 Å². The van der Waals surface area contributed by atoms with Gasteiger partial charge in [0.25, 0.3) is 5.91 Å². The summed E-state index contributed by atoms with van der Waals surface area (Å²) < 4.78 is 0.866. The van der Waals surface area contributed by atoms with E-state index in [1.165, 1.54) is 22.5 Å². The molecule has 1 saturated carbocycles. The molecular formula is C27H25N3O2S. The Hall–Kier alpha value is -3.51. The van der Waals surface area contributed by atoms with Gasteiger partial charge in [-0.3, -0.25) is 9.59 Å². The second kappa shape index (κ2) is 8.45. The molecule has 1 fully saturated rings. The van der Waals surface area contributed by atoms with Crippen molar-refractivity contribution in [1.29, 1.82) is 0 Å². The molecule has 1 aromatic heterocycles. The number of amides is 2. The molecule has 4 aromatic rings. The van der Waals surface area contributed by atoms with Crippen LogP contribution in [0.25, 0.3) is 10.2 Å². The van der Waals surface area contributed by atoms with Crippen molar-refractivity contribution in [2.24, 2.45) is 5.92 Å². The highest BCUT2D eigenvalue weighted by molar-refractivity contribution is 7.22. The predicted octanol–water partition coefficient (Wildman–Crippen LogP) is 6.22. The Bertz CT molecular complexity index is 1350. The topological polar surface area (TPSA) is 71.1 Å². The predicted molar refractivity (Wildman–Crippen MR) is 134 cm³/mol. The van der Waals surface area contributed by atoms with E-state index in [1.807, 2.05) is 51.1 Å². The van der Waals surface area contributed by atoms with E-state index in [9.17, 15) is 9.59 Å². The van der Waals surface area contributed by atoms with E-state index in [4.69, 9.17) is 0 Å². The second-order valence-corrected chi connectivity index (χ2v) is 9.81. The minimum Gasteiger partial charge on any atom is -0.322 e. The maximum Gasteiger partial charge on any atom is 0.255 e. The highest BCUT2D eigenvalue weighted by Crippen LogP contribution is 2.48.